The number of aromatic nitrogens is 3. The van der Waals surface area contributed by atoms with E-state index in [-0.39, 0.29) is 6.04 Å². The number of pyridine rings is 1. The van der Waals surface area contributed by atoms with Gasteiger partial charge in [-0.2, -0.15) is 5.10 Å². The normalized spacial score (nSPS) is 12.6. The second-order valence-electron chi connectivity index (χ2n) is 3.93. The number of hydrogen-bond acceptors (Lipinski definition) is 3. The molecule has 0 amide bonds. The molecule has 0 saturated carbocycles. The van der Waals surface area contributed by atoms with Crippen molar-refractivity contribution < 1.29 is 0 Å². The summed E-state index contributed by atoms with van der Waals surface area (Å²) in [7, 11) is 3.87. The zero-order valence-corrected chi connectivity index (χ0v) is 11.5. The summed E-state index contributed by atoms with van der Waals surface area (Å²) in [5, 5.41) is 7.65. The van der Waals surface area contributed by atoms with Crippen molar-refractivity contribution in [3.05, 3.63) is 46.5 Å². The van der Waals surface area contributed by atoms with E-state index in [4.69, 9.17) is 0 Å². The van der Waals surface area contributed by atoms with Gasteiger partial charge in [0.1, 0.15) is 0 Å². The summed E-state index contributed by atoms with van der Waals surface area (Å²) >= 11 is 3.39. The highest BCUT2D eigenvalue weighted by molar-refractivity contribution is 9.10. The van der Waals surface area contributed by atoms with Crippen molar-refractivity contribution in [2.75, 3.05) is 7.05 Å². The molecule has 2 aromatic rings. The van der Waals surface area contributed by atoms with Crippen LogP contribution in [0.1, 0.15) is 17.4 Å². The first-order valence-electron chi connectivity index (χ1n) is 5.46. The van der Waals surface area contributed by atoms with Gasteiger partial charge in [-0.05, 0) is 41.2 Å². The minimum atomic E-state index is 0.193. The second kappa shape index (κ2) is 5.42. The molecule has 0 bridgehead atoms. The Morgan fingerprint density at radius 2 is 2.24 bits per heavy atom. The highest BCUT2D eigenvalue weighted by Gasteiger charge is 2.12. The largest absolute Gasteiger partial charge is 0.311 e. The van der Waals surface area contributed by atoms with Crippen molar-refractivity contribution in [2.45, 2.75) is 12.5 Å². The third-order valence-corrected chi connectivity index (χ3v) is 3.11. The summed E-state index contributed by atoms with van der Waals surface area (Å²) in [4.78, 5) is 4.41. The molecule has 1 unspecified atom stereocenters. The Morgan fingerprint density at radius 1 is 1.41 bits per heavy atom. The third-order valence-electron chi connectivity index (χ3n) is 2.64. The van der Waals surface area contributed by atoms with Crippen molar-refractivity contribution in [3.8, 4) is 0 Å². The van der Waals surface area contributed by atoms with E-state index in [2.05, 4.69) is 31.3 Å². The van der Waals surface area contributed by atoms with Crippen LogP contribution in [0.15, 0.2) is 35.1 Å². The SMILES string of the molecule is CNC(Cc1ccn(C)n1)c1ccc(Br)cn1. The molecule has 1 atom stereocenters. The predicted molar refractivity (Wildman–Crippen MR) is 70.6 cm³/mol. The van der Waals surface area contributed by atoms with Crippen LogP contribution in [-0.2, 0) is 13.5 Å². The lowest BCUT2D eigenvalue weighted by atomic mass is 10.1. The van der Waals surface area contributed by atoms with Crippen LogP contribution in [0.5, 0.6) is 0 Å². The monoisotopic (exact) mass is 294 g/mol. The number of nitrogens with one attached hydrogen (secondary N) is 1. The number of likely N-dealkylation sites (N-methyl/N-ethyl adjacent to an activating group) is 1. The number of rotatable bonds is 4. The predicted octanol–water partition coefficient (Wildman–Crippen LogP) is 2.08. The van der Waals surface area contributed by atoms with Gasteiger partial charge >= 0.3 is 0 Å². The van der Waals surface area contributed by atoms with Gasteiger partial charge in [0.15, 0.2) is 0 Å². The van der Waals surface area contributed by atoms with Crippen molar-refractivity contribution in [2.24, 2.45) is 7.05 Å². The summed E-state index contributed by atoms with van der Waals surface area (Å²) < 4.78 is 2.81. The van der Waals surface area contributed by atoms with Crippen LogP contribution >= 0.6 is 15.9 Å². The molecule has 2 heterocycles. The van der Waals surface area contributed by atoms with Gasteiger partial charge in [0.05, 0.1) is 17.4 Å². The summed E-state index contributed by atoms with van der Waals surface area (Å²) in [6, 6.07) is 6.25. The highest BCUT2D eigenvalue weighted by atomic mass is 79.9. The van der Waals surface area contributed by atoms with E-state index >= 15 is 0 Å². The minimum absolute atomic E-state index is 0.193. The maximum Gasteiger partial charge on any atom is 0.0644 e. The van der Waals surface area contributed by atoms with Gasteiger partial charge in [0, 0.05) is 30.3 Å². The van der Waals surface area contributed by atoms with E-state index < -0.39 is 0 Å². The standard InChI is InChI=1S/C12H15BrN4/c1-14-12(7-10-5-6-17(2)16-10)11-4-3-9(13)8-15-11/h3-6,8,12,14H,7H2,1-2H3. The van der Waals surface area contributed by atoms with E-state index in [9.17, 15) is 0 Å². The Balaban J connectivity index is 2.13. The first-order chi connectivity index (χ1) is 8.19. The fourth-order valence-corrected chi connectivity index (χ4v) is 1.96. The van der Waals surface area contributed by atoms with E-state index in [1.165, 1.54) is 0 Å². The molecule has 1 N–H and O–H groups in total. The van der Waals surface area contributed by atoms with Crippen LogP contribution in [0.3, 0.4) is 0 Å². The molecule has 0 fully saturated rings. The molecule has 0 aliphatic rings. The molecule has 0 aromatic carbocycles. The summed E-state index contributed by atoms with van der Waals surface area (Å²) in [6.07, 6.45) is 4.61. The molecule has 90 valence electrons. The Kier molecular flexibility index (Phi) is 3.91. The van der Waals surface area contributed by atoms with Crippen LogP contribution in [0.4, 0.5) is 0 Å². The van der Waals surface area contributed by atoms with Crippen molar-refractivity contribution in [1.82, 2.24) is 20.1 Å². The van der Waals surface area contributed by atoms with Crippen LogP contribution in [0.25, 0.3) is 0 Å². The van der Waals surface area contributed by atoms with Crippen LogP contribution in [0, 0.1) is 0 Å². The Hall–Kier alpha value is -1.20. The average Bonchev–Trinajstić information content (AvgIpc) is 2.73. The molecule has 17 heavy (non-hydrogen) atoms. The molecule has 0 aliphatic carbocycles. The van der Waals surface area contributed by atoms with Gasteiger partial charge in [-0.25, -0.2) is 0 Å². The topological polar surface area (TPSA) is 42.7 Å². The lowest BCUT2D eigenvalue weighted by Gasteiger charge is -2.14. The Morgan fingerprint density at radius 3 is 2.76 bits per heavy atom. The summed E-state index contributed by atoms with van der Waals surface area (Å²) in [5.41, 5.74) is 2.10. The molecule has 0 radical (unpaired) electrons. The first kappa shape index (κ1) is 12.3. The Bertz CT molecular complexity index is 478. The van der Waals surface area contributed by atoms with E-state index in [0.29, 0.717) is 0 Å². The van der Waals surface area contributed by atoms with E-state index in [1.54, 1.807) is 0 Å². The third kappa shape index (κ3) is 3.14. The molecule has 5 heteroatoms. The zero-order valence-electron chi connectivity index (χ0n) is 9.89. The Labute approximate surface area is 109 Å². The molecular weight excluding hydrogens is 280 g/mol. The number of aryl methyl sites for hydroxylation is 1. The van der Waals surface area contributed by atoms with Crippen LogP contribution in [0.2, 0.25) is 0 Å². The summed E-state index contributed by atoms with van der Waals surface area (Å²) in [5.74, 6) is 0. The van der Waals surface area contributed by atoms with E-state index in [1.807, 2.05) is 49.4 Å². The van der Waals surface area contributed by atoms with Crippen LogP contribution < -0.4 is 5.32 Å². The average molecular weight is 295 g/mol. The molecule has 2 rings (SSSR count). The van der Waals surface area contributed by atoms with Gasteiger partial charge in [0.2, 0.25) is 0 Å². The van der Waals surface area contributed by atoms with Gasteiger partial charge in [-0.3, -0.25) is 9.67 Å². The number of halogens is 1. The quantitative estimate of drug-likeness (QED) is 0.939. The fraction of sp³-hybridized carbons (Fsp3) is 0.333. The first-order valence-corrected chi connectivity index (χ1v) is 6.25. The van der Waals surface area contributed by atoms with Gasteiger partial charge in [0.25, 0.3) is 0 Å². The van der Waals surface area contributed by atoms with Crippen molar-refractivity contribution in [3.63, 3.8) is 0 Å². The highest BCUT2D eigenvalue weighted by Crippen LogP contribution is 2.17. The zero-order chi connectivity index (χ0) is 12.3. The van der Waals surface area contributed by atoms with Gasteiger partial charge in [-0.15, -0.1) is 0 Å². The minimum Gasteiger partial charge on any atom is -0.311 e. The molecular formula is C12H15BrN4. The lowest BCUT2D eigenvalue weighted by Crippen LogP contribution is -2.20. The smallest absolute Gasteiger partial charge is 0.0644 e. The number of hydrogen-bond donors (Lipinski definition) is 1. The van der Waals surface area contributed by atoms with Crippen molar-refractivity contribution >= 4 is 15.9 Å². The molecule has 0 saturated heterocycles. The maximum atomic E-state index is 4.41. The molecule has 0 aliphatic heterocycles. The van der Waals surface area contributed by atoms with Gasteiger partial charge in [-0.1, -0.05) is 0 Å². The van der Waals surface area contributed by atoms with Gasteiger partial charge < -0.3 is 5.32 Å². The molecule has 4 nitrogen and oxygen atoms in total. The maximum absolute atomic E-state index is 4.41. The summed E-state index contributed by atoms with van der Waals surface area (Å²) in [6.45, 7) is 0. The van der Waals surface area contributed by atoms with Crippen molar-refractivity contribution in [1.29, 1.82) is 0 Å². The number of nitrogens with zero attached hydrogens (tertiary/aromatic N) is 3. The lowest BCUT2D eigenvalue weighted by molar-refractivity contribution is 0.563. The molecule has 2 aromatic heterocycles. The fourth-order valence-electron chi connectivity index (χ4n) is 1.73. The van der Waals surface area contributed by atoms with E-state index in [0.717, 1.165) is 22.3 Å². The second-order valence-corrected chi connectivity index (χ2v) is 4.84. The van der Waals surface area contributed by atoms with Crippen LogP contribution in [-0.4, -0.2) is 21.8 Å². The molecule has 0 spiro atoms.